The van der Waals surface area contributed by atoms with E-state index in [0.717, 1.165) is 26.1 Å². The van der Waals surface area contributed by atoms with E-state index in [1.807, 2.05) is 0 Å². The Bertz CT molecular complexity index is 46.1. The second kappa shape index (κ2) is 2.31. The maximum Gasteiger partial charge on any atom is 0.0468 e. The molecule has 7 heavy (non-hydrogen) atoms. The average molecular weight is 99.2 g/mol. The quantitative estimate of drug-likeness (QED) is 0.444. The topological polar surface area (TPSA) is 9.23 Å². The Morgan fingerprint density at radius 2 is 1.86 bits per heavy atom. The van der Waals surface area contributed by atoms with Gasteiger partial charge in [0.2, 0.25) is 0 Å². The molecule has 0 unspecified atom stereocenters. The van der Waals surface area contributed by atoms with E-state index >= 15 is 0 Å². The summed E-state index contributed by atoms with van der Waals surface area (Å²) in [5, 5.41) is 0. The van der Waals surface area contributed by atoms with Crippen molar-refractivity contribution in [2.24, 2.45) is 5.92 Å². The van der Waals surface area contributed by atoms with E-state index in [4.69, 9.17) is 4.74 Å². The second-order valence-corrected chi connectivity index (χ2v) is 2.06. The molecule has 1 fully saturated rings. The summed E-state index contributed by atoms with van der Waals surface area (Å²) in [5.74, 6) is 0.661. The van der Waals surface area contributed by atoms with Crippen molar-refractivity contribution in [2.75, 3.05) is 13.2 Å². The summed E-state index contributed by atoms with van der Waals surface area (Å²) in [6.45, 7) is 5.77. The summed E-state index contributed by atoms with van der Waals surface area (Å²) in [5.41, 5.74) is 0. The Morgan fingerprint density at radius 1 is 1.29 bits per heavy atom. The third kappa shape index (κ3) is 1.48. The van der Waals surface area contributed by atoms with E-state index in [0.29, 0.717) is 5.92 Å². The summed E-state index contributed by atoms with van der Waals surface area (Å²) < 4.78 is 5.10. The molecule has 0 atom stereocenters. The monoisotopic (exact) mass is 99.1 g/mol. The van der Waals surface area contributed by atoms with Crippen LogP contribution in [0.1, 0.15) is 12.8 Å². The molecule has 0 saturated carbocycles. The zero-order valence-electron chi connectivity index (χ0n) is 4.52. The van der Waals surface area contributed by atoms with Crippen LogP contribution in [-0.2, 0) is 4.74 Å². The zero-order chi connectivity index (χ0) is 5.11. The lowest BCUT2D eigenvalue weighted by atomic mass is 10.0. The Labute approximate surface area is 44.7 Å². The average Bonchev–Trinajstić information content (AvgIpc) is 1.69. The van der Waals surface area contributed by atoms with Gasteiger partial charge in [0, 0.05) is 13.2 Å². The van der Waals surface area contributed by atoms with Crippen LogP contribution < -0.4 is 0 Å². The molecule has 0 aromatic heterocycles. The third-order valence-electron chi connectivity index (χ3n) is 1.34. The SMILES string of the molecule is [CH2]C1CCOCC1. The highest BCUT2D eigenvalue weighted by Gasteiger charge is 2.06. The van der Waals surface area contributed by atoms with Crippen LogP contribution in [-0.4, -0.2) is 13.2 Å². The first-order valence-corrected chi connectivity index (χ1v) is 2.80. The van der Waals surface area contributed by atoms with Gasteiger partial charge < -0.3 is 4.74 Å². The first kappa shape index (κ1) is 5.10. The van der Waals surface area contributed by atoms with Gasteiger partial charge in [-0.05, 0) is 18.8 Å². The molecule has 1 rings (SSSR count). The number of hydrogen-bond donors (Lipinski definition) is 0. The lowest BCUT2D eigenvalue weighted by Gasteiger charge is -2.16. The fourth-order valence-corrected chi connectivity index (χ4v) is 0.746. The fraction of sp³-hybridized carbons (Fsp3) is 0.833. The highest BCUT2D eigenvalue weighted by Crippen LogP contribution is 2.11. The number of ether oxygens (including phenoxy) is 1. The van der Waals surface area contributed by atoms with Crippen molar-refractivity contribution in [1.29, 1.82) is 0 Å². The van der Waals surface area contributed by atoms with Crippen LogP contribution in [0.2, 0.25) is 0 Å². The van der Waals surface area contributed by atoms with Crippen molar-refractivity contribution in [2.45, 2.75) is 12.8 Å². The Hall–Kier alpha value is -0.0400. The standard InChI is InChI=1S/C6H11O/c1-6-2-4-7-5-3-6/h6H,1-5H2. The number of hydrogen-bond acceptors (Lipinski definition) is 1. The molecule has 1 heterocycles. The van der Waals surface area contributed by atoms with E-state index in [9.17, 15) is 0 Å². The molecule has 1 saturated heterocycles. The largest absolute Gasteiger partial charge is 0.381 e. The van der Waals surface area contributed by atoms with E-state index in [2.05, 4.69) is 6.92 Å². The molecule has 41 valence electrons. The molecule has 1 nitrogen and oxygen atoms in total. The summed E-state index contributed by atoms with van der Waals surface area (Å²) in [6, 6.07) is 0. The maximum absolute atomic E-state index is 5.10. The van der Waals surface area contributed by atoms with E-state index in [-0.39, 0.29) is 0 Å². The summed E-state index contributed by atoms with van der Waals surface area (Å²) in [4.78, 5) is 0. The Kier molecular flexibility index (Phi) is 1.69. The normalized spacial score (nSPS) is 25.3. The number of rotatable bonds is 0. The predicted octanol–water partition coefficient (Wildman–Crippen LogP) is 1.25. The van der Waals surface area contributed by atoms with Gasteiger partial charge in [-0.2, -0.15) is 0 Å². The first-order chi connectivity index (χ1) is 3.39. The third-order valence-corrected chi connectivity index (χ3v) is 1.34. The summed E-state index contributed by atoms with van der Waals surface area (Å²) in [7, 11) is 0. The Balaban J connectivity index is 2.12. The van der Waals surface area contributed by atoms with E-state index in [1.54, 1.807) is 0 Å². The van der Waals surface area contributed by atoms with Gasteiger partial charge in [0.05, 0.1) is 0 Å². The minimum absolute atomic E-state index is 0.661. The summed E-state index contributed by atoms with van der Waals surface area (Å²) in [6.07, 6.45) is 2.31. The van der Waals surface area contributed by atoms with Crippen LogP contribution in [0.3, 0.4) is 0 Å². The fourth-order valence-electron chi connectivity index (χ4n) is 0.746. The minimum atomic E-state index is 0.661. The molecule has 0 N–H and O–H groups in total. The van der Waals surface area contributed by atoms with Crippen molar-refractivity contribution in [3.8, 4) is 0 Å². The van der Waals surface area contributed by atoms with Crippen LogP contribution in [0.5, 0.6) is 0 Å². The zero-order valence-corrected chi connectivity index (χ0v) is 4.52. The van der Waals surface area contributed by atoms with Gasteiger partial charge in [0.25, 0.3) is 0 Å². The van der Waals surface area contributed by atoms with Crippen molar-refractivity contribution >= 4 is 0 Å². The molecule has 1 aliphatic heterocycles. The van der Waals surface area contributed by atoms with Gasteiger partial charge in [-0.1, -0.05) is 6.92 Å². The lowest BCUT2D eigenvalue weighted by molar-refractivity contribution is 0.0779. The van der Waals surface area contributed by atoms with Gasteiger partial charge in [0.1, 0.15) is 0 Å². The van der Waals surface area contributed by atoms with Crippen LogP contribution in [0, 0.1) is 12.8 Å². The van der Waals surface area contributed by atoms with E-state index < -0.39 is 0 Å². The molecule has 1 aliphatic rings. The van der Waals surface area contributed by atoms with Crippen LogP contribution in [0.15, 0.2) is 0 Å². The molecule has 0 aliphatic carbocycles. The van der Waals surface area contributed by atoms with Gasteiger partial charge in [0.15, 0.2) is 0 Å². The molecule has 0 spiro atoms. The van der Waals surface area contributed by atoms with Crippen LogP contribution in [0.25, 0.3) is 0 Å². The van der Waals surface area contributed by atoms with Crippen molar-refractivity contribution in [1.82, 2.24) is 0 Å². The van der Waals surface area contributed by atoms with Crippen molar-refractivity contribution < 1.29 is 4.74 Å². The van der Waals surface area contributed by atoms with Crippen molar-refractivity contribution in [3.05, 3.63) is 6.92 Å². The molecule has 1 radical (unpaired) electrons. The van der Waals surface area contributed by atoms with Gasteiger partial charge in [-0.3, -0.25) is 0 Å². The molecule has 0 amide bonds. The van der Waals surface area contributed by atoms with Crippen molar-refractivity contribution in [3.63, 3.8) is 0 Å². The molecular formula is C6H11O. The highest BCUT2D eigenvalue weighted by atomic mass is 16.5. The lowest BCUT2D eigenvalue weighted by Crippen LogP contribution is -2.12. The second-order valence-electron chi connectivity index (χ2n) is 2.06. The highest BCUT2D eigenvalue weighted by molar-refractivity contribution is 4.63. The first-order valence-electron chi connectivity index (χ1n) is 2.80. The molecular weight excluding hydrogens is 88.1 g/mol. The molecule has 1 heteroatoms. The Morgan fingerprint density at radius 3 is 2.14 bits per heavy atom. The summed E-state index contributed by atoms with van der Waals surface area (Å²) >= 11 is 0. The van der Waals surface area contributed by atoms with E-state index in [1.165, 1.54) is 0 Å². The molecule has 0 aromatic rings. The van der Waals surface area contributed by atoms with Crippen LogP contribution >= 0.6 is 0 Å². The maximum atomic E-state index is 5.10. The molecule has 0 bridgehead atoms. The minimum Gasteiger partial charge on any atom is -0.381 e. The van der Waals surface area contributed by atoms with Crippen LogP contribution in [0.4, 0.5) is 0 Å². The smallest absolute Gasteiger partial charge is 0.0468 e. The van der Waals surface area contributed by atoms with Gasteiger partial charge in [-0.25, -0.2) is 0 Å². The van der Waals surface area contributed by atoms with Gasteiger partial charge >= 0.3 is 0 Å². The molecule has 0 aromatic carbocycles. The predicted molar refractivity (Wildman–Crippen MR) is 28.9 cm³/mol. The van der Waals surface area contributed by atoms with Gasteiger partial charge in [-0.15, -0.1) is 0 Å².